The predicted octanol–water partition coefficient (Wildman–Crippen LogP) is 6.40. The van der Waals surface area contributed by atoms with Gasteiger partial charge in [0.1, 0.15) is 0 Å². The molecule has 0 aromatic carbocycles. The van der Waals surface area contributed by atoms with Crippen molar-refractivity contribution < 1.29 is 19.7 Å². The molecule has 204 valence electrons. The van der Waals surface area contributed by atoms with Crippen molar-refractivity contribution in [3.63, 3.8) is 0 Å². The van der Waals surface area contributed by atoms with Crippen molar-refractivity contribution in [2.24, 2.45) is 62.6 Å². The summed E-state index contributed by atoms with van der Waals surface area (Å²) >= 11 is 0. The van der Waals surface area contributed by atoms with Crippen molar-refractivity contribution in [1.29, 1.82) is 0 Å². The first-order valence-electron chi connectivity index (χ1n) is 14.8. The fourth-order valence-electron chi connectivity index (χ4n) is 11.6. The fourth-order valence-corrected chi connectivity index (χ4v) is 11.6. The zero-order valence-corrected chi connectivity index (χ0v) is 24.2. The van der Waals surface area contributed by atoms with E-state index in [9.17, 15) is 15.0 Å². The highest BCUT2D eigenvalue weighted by atomic mass is 16.5. The van der Waals surface area contributed by atoms with Crippen LogP contribution in [-0.4, -0.2) is 36.0 Å². The minimum Gasteiger partial charge on any atom is -0.469 e. The second-order valence-electron chi connectivity index (χ2n) is 15.1. The molecule has 4 nitrogen and oxygen atoms in total. The van der Waals surface area contributed by atoms with Crippen molar-refractivity contribution in [2.75, 3.05) is 13.7 Å². The molecule has 12 atom stereocenters. The Morgan fingerprint density at radius 3 is 2.33 bits per heavy atom. The number of fused-ring (bicyclic) bond motifs is 7. The van der Waals surface area contributed by atoms with Crippen LogP contribution in [0.4, 0.5) is 0 Å². The van der Waals surface area contributed by atoms with Crippen LogP contribution in [0.5, 0.6) is 0 Å². The van der Waals surface area contributed by atoms with Crippen molar-refractivity contribution in [2.45, 2.75) is 106 Å². The smallest absolute Gasteiger partial charge is 0.312 e. The Balaban J connectivity index is 1.62. The molecular formula is C32H52O4. The summed E-state index contributed by atoms with van der Waals surface area (Å²) in [4.78, 5) is 13.4. The van der Waals surface area contributed by atoms with Crippen LogP contribution in [0.1, 0.15) is 99.8 Å². The summed E-state index contributed by atoms with van der Waals surface area (Å²) in [5.41, 5.74) is 1.04. The van der Waals surface area contributed by atoms with Gasteiger partial charge in [0.15, 0.2) is 0 Å². The van der Waals surface area contributed by atoms with E-state index in [4.69, 9.17) is 4.74 Å². The van der Waals surface area contributed by atoms with Gasteiger partial charge >= 0.3 is 5.97 Å². The molecule has 0 heterocycles. The molecule has 0 radical (unpaired) electrons. The zero-order valence-electron chi connectivity index (χ0n) is 24.2. The summed E-state index contributed by atoms with van der Waals surface area (Å²) in [6.45, 7) is 16.7. The third kappa shape index (κ3) is 3.04. The molecule has 0 saturated heterocycles. The molecule has 36 heavy (non-hydrogen) atoms. The van der Waals surface area contributed by atoms with Crippen LogP contribution in [0, 0.1) is 62.6 Å². The van der Waals surface area contributed by atoms with E-state index in [0.717, 1.165) is 51.4 Å². The first kappa shape index (κ1) is 26.7. The van der Waals surface area contributed by atoms with Crippen molar-refractivity contribution in [3.05, 3.63) is 11.6 Å². The van der Waals surface area contributed by atoms with Gasteiger partial charge in [-0.1, -0.05) is 60.1 Å². The number of allylic oxidation sites excluding steroid dienone is 2. The molecule has 0 aromatic rings. The maximum absolute atomic E-state index is 13.4. The number of carbonyl (C=O) groups excluding carboxylic acids is 1. The Kier molecular flexibility index (Phi) is 6.17. The van der Waals surface area contributed by atoms with Crippen LogP contribution in [0.15, 0.2) is 11.6 Å². The lowest BCUT2D eigenvalue weighted by Gasteiger charge is -2.72. The first-order chi connectivity index (χ1) is 16.8. The molecule has 4 saturated carbocycles. The van der Waals surface area contributed by atoms with Crippen molar-refractivity contribution in [1.82, 2.24) is 0 Å². The predicted molar refractivity (Wildman–Crippen MR) is 143 cm³/mol. The molecule has 5 aliphatic rings. The Labute approximate surface area is 219 Å². The quantitative estimate of drug-likeness (QED) is 0.340. The summed E-state index contributed by atoms with van der Waals surface area (Å²) in [7, 11) is 1.58. The molecule has 0 amide bonds. The molecule has 4 fully saturated rings. The van der Waals surface area contributed by atoms with Gasteiger partial charge in [0.2, 0.25) is 0 Å². The molecule has 0 spiro atoms. The zero-order chi connectivity index (χ0) is 26.5. The Bertz CT molecular complexity index is 942. The van der Waals surface area contributed by atoms with Crippen molar-refractivity contribution >= 4 is 5.97 Å². The second-order valence-corrected chi connectivity index (χ2v) is 15.1. The number of hydrogen-bond donors (Lipinski definition) is 2. The van der Waals surface area contributed by atoms with E-state index in [-0.39, 0.29) is 46.1 Å². The third-order valence-electron chi connectivity index (χ3n) is 14.0. The first-order valence-corrected chi connectivity index (χ1v) is 14.8. The van der Waals surface area contributed by atoms with Gasteiger partial charge in [-0.2, -0.15) is 0 Å². The number of rotatable bonds is 2. The average molecular weight is 501 g/mol. The minimum atomic E-state index is -0.449. The van der Waals surface area contributed by atoms with Crippen LogP contribution in [0.2, 0.25) is 0 Å². The highest BCUT2D eigenvalue weighted by Gasteiger charge is 2.70. The van der Waals surface area contributed by atoms with E-state index in [1.165, 1.54) is 0 Å². The summed E-state index contributed by atoms with van der Waals surface area (Å²) in [6, 6.07) is 0. The van der Waals surface area contributed by atoms with Gasteiger partial charge in [0, 0.05) is 5.41 Å². The minimum absolute atomic E-state index is 0.0194. The Morgan fingerprint density at radius 1 is 1.00 bits per heavy atom. The normalized spacial score (nSPS) is 56.4. The summed E-state index contributed by atoms with van der Waals surface area (Å²) in [5, 5.41) is 21.8. The Hall–Kier alpha value is -0.870. The van der Waals surface area contributed by atoms with Gasteiger partial charge in [0.05, 0.1) is 25.2 Å². The molecule has 0 aromatic heterocycles. The van der Waals surface area contributed by atoms with Gasteiger partial charge < -0.3 is 14.9 Å². The summed E-state index contributed by atoms with van der Waals surface area (Å²) < 4.78 is 5.51. The lowest BCUT2D eigenvalue weighted by Crippen LogP contribution is -2.67. The monoisotopic (exact) mass is 500 g/mol. The van der Waals surface area contributed by atoms with Gasteiger partial charge in [0.25, 0.3) is 0 Å². The highest BCUT2D eigenvalue weighted by molar-refractivity contribution is 5.78. The molecule has 0 bridgehead atoms. The van der Waals surface area contributed by atoms with Crippen molar-refractivity contribution in [3.8, 4) is 0 Å². The maximum Gasteiger partial charge on any atom is 0.312 e. The van der Waals surface area contributed by atoms with Crippen LogP contribution in [0.3, 0.4) is 0 Å². The Morgan fingerprint density at radius 2 is 1.69 bits per heavy atom. The van der Waals surface area contributed by atoms with Crippen LogP contribution in [0.25, 0.3) is 0 Å². The number of aliphatic hydroxyl groups is 2. The van der Waals surface area contributed by atoms with Gasteiger partial charge in [-0.15, -0.1) is 0 Å². The maximum atomic E-state index is 13.4. The molecule has 4 heteroatoms. The van der Waals surface area contributed by atoms with Gasteiger partial charge in [-0.3, -0.25) is 4.79 Å². The van der Waals surface area contributed by atoms with Crippen LogP contribution in [-0.2, 0) is 9.53 Å². The summed E-state index contributed by atoms with van der Waals surface area (Å²) in [6.07, 6.45) is 10.4. The number of esters is 1. The molecular weight excluding hydrogens is 448 g/mol. The highest BCUT2D eigenvalue weighted by Crippen LogP contribution is 2.76. The van der Waals surface area contributed by atoms with E-state index in [1.54, 1.807) is 12.7 Å². The lowest BCUT2D eigenvalue weighted by molar-refractivity contribution is -0.230. The largest absolute Gasteiger partial charge is 0.469 e. The lowest BCUT2D eigenvalue weighted by atomic mass is 9.33. The molecule has 2 N–H and O–H groups in total. The third-order valence-corrected chi connectivity index (χ3v) is 14.0. The summed E-state index contributed by atoms with van der Waals surface area (Å²) in [5.74, 6) is 2.39. The second kappa shape index (κ2) is 8.31. The number of hydrogen-bond acceptors (Lipinski definition) is 4. The standard InChI is InChI=1S/C32H52O4/c1-19-11-14-32(27(35)36-8)16-15-30(6)22(25(32)21(19)3)9-10-24-28(4)17-20(2)26(34)29(5,18-33)23(28)12-13-31(24,30)7/h9,19-21,23-26,33-34H,10-18H2,1-8H3/t19-,20-,21+,23?,24?,25?,26?,28+,29?,30-,31-,32?/m1/s1. The van der Waals surface area contributed by atoms with Gasteiger partial charge in [-0.05, 0) is 103 Å². The van der Waals surface area contributed by atoms with E-state index < -0.39 is 11.5 Å². The van der Waals surface area contributed by atoms with E-state index in [0.29, 0.717) is 23.7 Å². The van der Waals surface area contributed by atoms with Crippen LogP contribution < -0.4 is 0 Å². The van der Waals surface area contributed by atoms with Crippen LogP contribution >= 0.6 is 0 Å². The molecule has 0 aliphatic heterocycles. The number of ether oxygens (including phenoxy) is 1. The number of aliphatic hydroxyl groups excluding tert-OH is 2. The van der Waals surface area contributed by atoms with E-state index in [2.05, 4.69) is 54.5 Å². The molecule has 5 aliphatic carbocycles. The van der Waals surface area contributed by atoms with E-state index in [1.807, 2.05) is 0 Å². The molecule has 6 unspecified atom stereocenters. The van der Waals surface area contributed by atoms with Gasteiger partial charge in [-0.25, -0.2) is 0 Å². The SMILES string of the molecule is COC(=O)C12CC[C@@H](C)[C@H](C)C1C1=CCC3[C@@]4(C)C[C@@H](C)C(O)C(C)(CO)C4CC[C@@]3(C)[C@]1(C)CC2. The average Bonchev–Trinajstić information content (AvgIpc) is 2.84. The number of methoxy groups -OCH3 is 1. The fraction of sp³-hybridized carbons (Fsp3) is 0.906. The number of carbonyl (C=O) groups is 1. The topological polar surface area (TPSA) is 66.8 Å². The van der Waals surface area contributed by atoms with E-state index >= 15 is 0 Å². The molecule has 5 rings (SSSR count).